The van der Waals surface area contributed by atoms with Gasteiger partial charge in [0, 0.05) is 32.2 Å². The van der Waals surface area contributed by atoms with E-state index in [2.05, 4.69) is 50.0 Å². The van der Waals surface area contributed by atoms with Crippen molar-refractivity contribution < 1.29 is 0 Å². The summed E-state index contributed by atoms with van der Waals surface area (Å²) in [5, 5.41) is 3.42. The van der Waals surface area contributed by atoms with E-state index in [9.17, 15) is 0 Å². The van der Waals surface area contributed by atoms with Crippen molar-refractivity contribution in [2.75, 3.05) is 26.2 Å². The number of hydrogen-bond acceptors (Lipinski definition) is 2. The summed E-state index contributed by atoms with van der Waals surface area (Å²) < 4.78 is 0. The Morgan fingerprint density at radius 2 is 1.67 bits per heavy atom. The van der Waals surface area contributed by atoms with Gasteiger partial charge in [-0.25, -0.2) is 0 Å². The third-order valence-electron chi connectivity index (χ3n) is 4.11. The van der Waals surface area contributed by atoms with Gasteiger partial charge in [-0.1, -0.05) is 17.7 Å². The Labute approximate surface area is 111 Å². The largest absolute Gasteiger partial charge is 0.314 e. The molecule has 1 aromatic rings. The van der Waals surface area contributed by atoms with Crippen molar-refractivity contribution in [2.45, 2.75) is 40.2 Å². The van der Waals surface area contributed by atoms with Gasteiger partial charge in [0.15, 0.2) is 0 Å². The number of benzene rings is 1. The molecule has 0 aromatic heterocycles. The second kappa shape index (κ2) is 5.85. The number of nitrogens with zero attached hydrogens (tertiary/aromatic N) is 1. The monoisotopic (exact) mass is 246 g/mol. The second-order valence-electron chi connectivity index (χ2n) is 5.72. The van der Waals surface area contributed by atoms with Crippen molar-refractivity contribution in [1.29, 1.82) is 0 Å². The molecule has 0 bridgehead atoms. The fraction of sp³-hybridized carbons (Fsp3) is 0.625. The Balaban J connectivity index is 2.08. The first-order valence-electron chi connectivity index (χ1n) is 7.09. The van der Waals surface area contributed by atoms with Crippen LogP contribution in [0.15, 0.2) is 12.1 Å². The predicted octanol–water partition coefficient (Wildman–Crippen LogP) is 2.45. The van der Waals surface area contributed by atoms with Crippen molar-refractivity contribution in [1.82, 2.24) is 10.2 Å². The van der Waals surface area contributed by atoms with Gasteiger partial charge in [-0.3, -0.25) is 4.90 Å². The summed E-state index contributed by atoms with van der Waals surface area (Å²) in [7, 11) is 0. The lowest BCUT2D eigenvalue weighted by Crippen LogP contribution is -2.48. The highest BCUT2D eigenvalue weighted by Gasteiger charge is 2.18. The Morgan fingerprint density at radius 3 is 2.22 bits per heavy atom. The minimum absolute atomic E-state index is 0.646. The highest BCUT2D eigenvalue weighted by Crippen LogP contribution is 2.19. The molecule has 18 heavy (non-hydrogen) atoms. The minimum Gasteiger partial charge on any atom is -0.314 e. The van der Waals surface area contributed by atoms with Crippen LogP contribution in [0.2, 0.25) is 0 Å². The summed E-state index contributed by atoms with van der Waals surface area (Å²) in [5.41, 5.74) is 5.83. The number of rotatable bonds is 3. The molecule has 0 saturated carbocycles. The van der Waals surface area contributed by atoms with Gasteiger partial charge in [0.25, 0.3) is 0 Å². The van der Waals surface area contributed by atoms with Gasteiger partial charge in [0.1, 0.15) is 0 Å². The van der Waals surface area contributed by atoms with Crippen LogP contribution in [0.25, 0.3) is 0 Å². The van der Waals surface area contributed by atoms with E-state index in [0.29, 0.717) is 6.04 Å². The average molecular weight is 246 g/mol. The molecule has 2 heteroatoms. The fourth-order valence-electron chi connectivity index (χ4n) is 3.08. The zero-order valence-electron chi connectivity index (χ0n) is 12.2. The van der Waals surface area contributed by atoms with Gasteiger partial charge in [0.2, 0.25) is 0 Å². The van der Waals surface area contributed by atoms with E-state index in [4.69, 9.17) is 0 Å². The molecule has 0 radical (unpaired) electrons. The van der Waals surface area contributed by atoms with Gasteiger partial charge >= 0.3 is 0 Å². The van der Waals surface area contributed by atoms with Crippen LogP contribution in [-0.4, -0.2) is 37.1 Å². The van der Waals surface area contributed by atoms with E-state index in [1.54, 1.807) is 5.56 Å². The number of aryl methyl sites for hydroxylation is 3. The van der Waals surface area contributed by atoms with E-state index < -0.39 is 0 Å². The fourth-order valence-corrected chi connectivity index (χ4v) is 3.08. The van der Waals surface area contributed by atoms with Crippen LogP contribution < -0.4 is 5.32 Å². The molecule has 0 aliphatic carbocycles. The molecule has 1 aliphatic rings. The second-order valence-corrected chi connectivity index (χ2v) is 5.72. The van der Waals surface area contributed by atoms with Crippen molar-refractivity contribution in [3.8, 4) is 0 Å². The molecular formula is C16H26N2. The Hall–Kier alpha value is -0.860. The first-order valence-corrected chi connectivity index (χ1v) is 7.09. The molecule has 1 atom stereocenters. The molecule has 1 fully saturated rings. The molecule has 1 saturated heterocycles. The van der Waals surface area contributed by atoms with Crippen LogP contribution in [0.4, 0.5) is 0 Å². The predicted molar refractivity (Wildman–Crippen MR) is 78.3 cm³/mol. The maximum atomic E-state index is 3.42. The van der Waals surface area contributed by atoms with Crippen molar-refractivity contribution in [3.63, 3.8) is 0 Å². The SMILES string of the molecule is Cc1cc(C)c(CC(C)N2CCNCC2)c(C)c1. The minimum atomic E-state index is 0.646. The van der Waals surface area contributed by atoms with Gasteiger partial charge in [-0.15, -0.1) is 0 Å². The quantitative estimate of drug-likeness (QED) is 0.881. The first kappa shape index (κ1) is 13.6. The Bertz CT molecular complexity index is 383. The first-order chi connectivity index (χ1) is 8.58. The average Bonchev–Trinajstić information content (AvgIpc) is 2.34. The molecule has 1 aliphatic heterocycles. The standard InChI is InChI=1S/C16H26N2/c1-12-9-13(2)16(14(3)10-12)11-15(4)18-7-5-17-6-8-18/h9-10,15,17H,5-8,11H2,1-4H3. The van der Waals surface area contributed by atoms with Crippen LogP contribution >= 0.6 is 0 Å². The molecule has 1 unspecified atom stereocenters. The lowest BCUT2D eigenvalue weighted by Gasteiger charge is -2.33. The molecule has 0 amide bonds. The van der Waals surface area contributed by atoms with Gasteiger partial charge < -0.3 is 5.32 Å². The molecule has 0 spiro atoms. The van der Waals surface area contributed by atoms with E-state index >= 15 is 0 Å². The number of nitrogens with one attached hydrogen (secondary N) is 1. The van der Waals surface area contributed by atoms with E-state index in [0.717, 1.165) is 13.1 Å². The van der Waals surface area contributed by atoms with E-state index in [1.807, 2.05) is 0 Å². The smallest absolute Gasteiger partial charge is 0.0110 e. The summed E-state index contributed by atoms with van der Waals surface area (Å²) in [5.74, 6) is 0. The molecule has 2 rings (SSSR count). The van der Waals surface area contributed by atoms with Crippen molar-refractivity contribution in [3.05, 3.63) is 34.4 Å². The maximum Gasteiger partial charge on any atom is 0.0110 e. The number of piperazine rings is 1. The molecule has 1 N–H and O–H groups in total. The van der Waals surface area contributed by atoms with Gasteiger partial charge in [0.05, 0.1) is 0 Å². The van der Waals surface area contributed by atoms with E-state index in [-0.39, 0.29) is 0 Å². The number of hydrogen-bond donors (Lipinski definition) is 1. The van der Waals surface area contributed by atoms with E-state index in [1.165, 1.54) is 36.2 Å². The molecular weight excluding hydrogens is 220 g/mol. The Kier molecular flexibility index (Phi) is 4.41. The normalized spacial score (nSPS) is 18.9. The molecule has 100 valence electrons. The van der Waals surface area contributed by atoms with Crippen LogP contribution in [0.5, 0.6) is 0 Å². The summed E-state index contributed by atoms with van der Waals surface area (Å²) in [6.45, 7) is 13.7. The third-order valence-corrected chi connectivity index (χ3v) is 4.11. The zero-order chi connectivity index (χ0) is 13.1. The van der Waals surface area contributed by atoms with Crippen molar-refractivity contribution >= 4 is 0 Å². The molecule has 1 aromatic carbocycles. The van der Waals surface area contributed by atoms with Crippen LogP contribution in [0, 0.1) is 20.8 Å². The Morgan fingerprint density at radius 1 is 1.11 bits per heavy atom. The van der Waals surface area contributed by atoms with Gasteiger partial charge in [-0.05, 0) is 50.8 Å². The highest BCUT2D eigenvalue weighted by atomic mass is 15.2. The summed E-state index contributed by atoms with van der Waals surface area (Å²) in [6, 6.07) is 5.27. The summed E-state index contributed by atoms with van der Waals surface area (Å²) >= 11 is 0. The lowest BCUT2D eigenvalue weighted by atomic mass is 9.94. The zero-order valence-corrected chi connectivity index (χ0v) is 12.2. The van der Waals surface area contributed by atoms with Crippen LogP contribution in [0.1, 0.15) is 29.2 Å². The molecule has 1 heterocycles. The van der Waals surface area contributed by atoms with Crippen molar-refractivity contribution in [2.24, 2.45) is 0 Å². The summed E-state index contributed by atoms with van der Waals surface area (Å²) in [4.78, 5) is 2.61. The molecule has 2 nitrogen and oxygen atoms in total. The summed E-state index contributed by atoms with van der Waals surface area (Å²) in [6.07, 6.45) is 1.18. The van der Waals surface area contributed by atoms with Crippen LogP contribution in [0.3, 0.4) is 0 Å². The maximum absolute atomic E-state index is 3.42. The third kappa shape index (κ3) is 3.12. The lowest BCUT2D eigenvalue weighted by molar-refractivity contribution is 0.183. The highest BCUT2D eigenvalue weighted by molar-refractivity contribution is 5.37. The van der Waals surface area contributed by atoms with Gasteiger partial charge in [-0.2, -0.15) is 0 Å². The topological polar surface area (TPSA) is 15.3 Å². The van der Waals surface area contributed by atoms with Crippen LogP contribution in [-0.2, 0) is 6.42 Å².